The fraction of sp³-hybridized carbons (Fsp3) is 0.500. The molecule has 1 aromatic heterocycles. The Morgan fingerprint density at radius 3 is 2.73 bits per heavy atom. The molecule has 0 bridgehead atoms. The Balaban J connectivity index is 1.84. The van der Waals surface area contributed by atoms with Crippen molar-refractivity contribution in [3.8, 4) is 0 Å². The molecule has 1 saturated heterocycles. The highest BCUT2D eigenvalue weighted by Crippen LogP contribution is 2.27. The average molecular weight is 375 g/mol. The minimum absolute atomic E-state index is 0.0926. The maximum atomic E-state index is 11.8. The summed E-state index contributed by atoms with van der Waals surface area (Å²) in [5, 5.41) is 11.5. The lowest BCUT2D eigenvalue weighted by Gasteiger charge is -2.26. The third-order valence-corrected chi connectivity index (χ3v) is 6.39. The van der Waals surface area contributed by atoms with Gasteiger partial charge in [0.05, 0.1) is 17.7 Å². The van der Waals surface area contributed by atoms with Gasteiger partial charge in [-0.1, -0.05) is 32.0 Å². The van der Waals surface area contributed by atoms with E-state index in [0.29, 0.717) is 30.6 Å². The monoisotopic (exact) mass is 375 g/mol. The lowest BCUT2D eigenvalue weighted by molar-refractivity contribution is 0.598. The second-order valence-electron chi connectivity index (χ2n) is 6.85. The predicted octanol–water partition coefficient (Wildman–Crippen LogP) is 2.75. The van der Waals surface area contributed by atoms with Crippen molar-refractivity contribution in [3.63, 3.8) is 0 Å². The number of nitrogens with one attached hydrogen (secondary N) is 1. The Morgan fingerprint density at radius 2 is 2.08 bits per heavy atom. The zero-order valence-electron chi connectivity index (χ0n) is 15.4. The second-order valence-corrected chi connectivity index (χ2v) is 9.08. The third-order valence-electron chi connectivity index (χ3n) is 4.64. The van der Waals surface area contributed by atoms with Crippen molar-refractivity contribution in [3.05, 3.63) is 36.0 Å². The van der Waals surface area contributed by atoms with Gasteiger partial charge >= 0.3 is 0 Å². The summed E-state index contributed by atoms with van der Waals surface area (Å²) in [6, 6.07) is 8.00. The molecule has 0 spiro atoms. The standard InChI is InChI=1S/C18H25N5O2S/c1-4-23(14-9-10-26(24,25)12-14)18-21-17(11-19-22-18)20-16-8-6-5-7-15(16)13(2)3/h5-8,11,13-14H,4,9-10,12H2,1-3H3,(H,20,21,22). The van der Waals surface area contributed by atoms with Crippen molar-refractivity contribution < 1.29 is 8.42 Å². The Bertz CT molecular complexity index is 869. The van der Waals surface area contributed by atoms with E-state index < -0.39 is 9.84 Å². The van der Waals surface area contributed by atoms with Crippen LogP contribution in [0, 0.1) is 0 Å². The molecule has 0 amide bonds. The fourth-order valence-electron chi connectivity index (χ4n) is 3.31. The number of anilines is 3. The second kappa shape index (κ2) is 7.57. The molecular formula is C18H25N5O2S. The van der Waals surface area contributed by atoms with Gasteiger partial charge in [-0.15, -0.1) is 5.10 Å². The number of hydrogen-bond acceptors (Lipinski definition) is 7. The zero-order chi connectivity index (χ0) is 18.7. The van der Waals surface area contributed by atoms with Gasteiger partial charge in [0.25, 0.3) is 0 Å². The van der Waals surface area contributed by atoms with Gasteiger partial charge in [0.1, 0.15) is 0 Å². The summed E-state index contributed by atoms with van der Waals surface area (Å²) in [6.45, 7) is 6.89. The summed E-state index contributed by atoms with van der Waals surface area (Å²) in [7, 11) is -2.97. The SMILES string of the molecule is CCN(c1nncc(Nc2ccccc2C(C)C)n1)C1CCS(=O)(=O)C1. The number of hydrogen-bond donors (Lipinski definition) is 1. The van der Waals surface area contributed by atoms with Crippen LogP contribution in [0.3, 0.4) is 0 Å². The Hall–Kier alpha value is -2.22. The predicted molar refractivity (Wildman–Crippen MR) is 104 cm³/mol. The van der Waals surface area contributed by atoms with Crippen LogP contribution in [-0.2, 0) is 9.84 Å². The van der Waals surface area contributed by atoms with Crippen LogP contribution in [0.4, 0.5) is 17.5 Å². The number of benzene rings is 1. The smallest absolute Gasteiger partial charge is 0.247 e. The van der Waals surface area contributed by atoms with Crippen molar-refractivity contribution in [1.82, 2.24) is 15.2 Å². The van der Waals surface area contributed by atoms with Crippen LogP contribution < -0.4 is 10.2 Å². The van der Waals surface area contributed by atoms with Gasteiger partial charge in [-0.2, -0.15) is 10.1 Å². The fourth-order valence-corrected chi connectivity index (χ4v) is 5.04. The van der Waals surface area contributed by atoms with Crippen LogP contribution >= 0.6 is 0 Å². The summed E-state index contributed by atoms with van der Waals surface area (Å²) < 4.78 is 23.6. The summed E-state index contributed by atoms with van der Waals surface area (Å²) in [5.41, 5.74) is 2.18. The Kier molecular flexibility index (Phi) is 5.41. The molecule has 1 aliphatic heterocycles. The molecule has 3 rings (SSSR count). The van der Waals surface area contributed by atoms with Gasteiger partial charge in [-0.05, 0) is 30.9 Å². The highest BCUT2D eigenvalue weighted by molar-refractivity contribution is 7.91. The van der Waals surface area contributed by atoms with Crippen molar-refractivity contribution in [2.75, 3.05) is 28.3 Å². The molecule has 0 saturated carbocycles. The maximum Gasteiger partial charge on any atom is 0.247 e. The lowest BCUT2D eigenvalue weighted by Crippen LogP contribution is -2.37. The van der Waals surface area contributed by atoms with E-state index in [0.717, 1.165) is 5.69 Å². The highest BCUT2D eigenvalue weighted by atomic mass is 32.2. The van der Waals surface area contributed by atoms with Crippen LogP contribution in [0.15, 0.2) is 30.5 Å². The van der Waals surface area contributed by atoms with Crippen molar-refractivity contribution in [2.24, 2.45) is 0 Å². The van der Waals surface area contributed by atoms with Crippen LogP contribution in [0.25, 0.3) is 0 Å². The topological polar surface area (TPSA) is 88.1 Å². The first-order valence-corrected chi connectivity index (χ1v) is 10.7. The average Bonchev–Trinajstić information content (AvgIpc) is 2.96. The van der Waals surface area contributed by atoms with Gasteiger partial charge in [-0.3, -0.25) is 0 Å². The normalized spacial score (nSPS) is 18.8. The van der Waals surface area contributed by atoms with Crippen LogP contribution in [-0.4, -0.2) is 47.7 Å². The van der Waals surface area contributed by atoms with E-state index >= 15 is 0 Å². The van der Waals surface area contributed by atoms with Crippen molar-refractivity contribution in [2.45, 2.75) is 39.2 Å². The highest BCUT2D eigenvalue weighted by Gasteiger charge is 2.33. The molecule has 1 N–H and O–H groups in total. The Labute approximate surface area is 154 Å². The van der Waals surface area contributed by atoms with Gasteiger partial charge < -0.3 is 10.2 Å². The molecule has 1 aliphatic rings. The number of aromatic nitrogens is 3. The lowest BCUT2D eigenvalue weighted by atomic mass is 10.0. The molecular weight excluding hydrogens is 350 g/mol. The van der Waals surface area contributed by atoms with E-state index in [1.807, 2.05) is 30.0 Å². The third kappa shape index (κ3) is 4.12. The molecule has 2 heterocycles. The van der Waals surface area contributed by atoms with E-state index in [1.165, 1.54) is 5.56 Å². The van der Waals surface area contributed by atoms with E-state index in [9.17, 15) is 8.42 Å². The molecule has 0 aliphatic carbocycles. The van der Waals surface area contributed by atoms with Crippen LogP contribution in [0.5, 0.6) is 0 Å². The summed E-state index contributed by atoms with van der Waals surface area (Å²) in [4.78, 5) is 6.51. The van der Waals surface area contributed by atoms with Crippen LogP contribution in [0.2, 0.25) is 0 Å². The van der Waals surface area contributed by atoms with Gasteiger partial charge in [-0.25, -0.2) is 8.42 Å². The number of sulfone groups is 1. The molecule has 2 aromatic rings. The van der Waals surface area contributed by atoms with E-state index in [4.69, 9.17) is 0 Å². The summed E-state index contributed by atoms with van der Waals surface area (Å²) in [5.74, 6) is 1.81. The molecule has 1 aromatic carbocycles. The first kappa shape index (κ1) is 18.6. The van der Waals surface area contributed by atoms with Crippen molar-refractivity contribution >= 4 is 27.3 Å². The van der Waals surface area contributed by atoms with Gasteiger partial charge in [0, 0.05) is 18.3 Å². The summed E-state index contributed by atoms with van der Waals surface area (Å²) >= 11 is 0. The first-order chi connectivity index (χ1) is 12.4. The van der Waals surface area contributed by atoms with Crippen molar-refractivity contribution in [1.29, 1.82) is 0 Å². The molecule has 7 nitrogen and oxygen atoms in total. The first-order valence-electron chi connectivity index (χ1n) is 8.92. The number of nitrogens with zero attached hydrogens (tertiary/aromatic N) is 4. The van der Waals surface area contributed by atoms with Gasteiger partial charge in [0.2, 0.25) is 5.95 Å². The molecule has 0 radical (unpaired) electrons. The molecule has 1 atom stereocenters. The van der Waals surface area contributed by atoms with E-state index in [2.05, 4.69) is 40.4 Å². The quantitative estimate of drug-likeness (QED) is 0.830. The minimum Gasteiger partial charge on any atom is -0.339 e. The van der Waals surface area contributed by atoms with Gasteiger partial charge in [0.15, 0.2) is 15.7 Å². The zero-order valence-corrected chi connectivity index (χ0v) is 16.2. The van der Waals surface area contributed by atoms with E-state index in [1.54, 1.807) is 6.20 Å². The Morgan fingerprint density at radius 1 is 1.31 bits per heavy atom. The molecule has 8 heteroatoms. The molecule has 140 valence electrons. The van der Waals surface area contributed by atoms with Crippen LogP contribution in [0.1, 0.15) is 38.7 Å². The molecule has 1 unspecified atom stereocenters. The maximum absolute atomic E-state index is 11.8. The van der Waals surface area contributed by atoms with E-state index in [-0.39, 0.29) is 17.5 Å². The minimum atomic E-state index is -2.97. The number of rotatable bonds is 6. The molecule has 26 heavy (non-hydrogen) atoms. The summed E-state index contributed by atoms with van der Waals surface area (Å²) in [6.07, 6.45) is 2.19. The largest absolute Gasteiger partial charge is 0.339 e. The molecule has 1 fully saturated rings. The number of para-hydroxylation sites is 1.